The van der Waals surface area contributed by atoms with Crippen LogP contribution in [0.5, 0.6) is 0 Å². The molecule has 0 aliphatic heterocycles. The fourth-order valence-electron chi connectivity index (χ4n) is 2.40. The Bertz CT molecular complexity index is 843. The highest BCUT2D eigenvalue weighted by atomic mass is 35.5. The molecular weight excluding hydrogens is 340 g/mol. The van der Waals surface area contributed by atoms with Crippen molar-refractivity contribution in [3.63, 3.8) is 0 Å². The number of carbonyl (C=O) groups excluding carboxylic acids is 1. The van der Waals surface area contributed by atoms with E-state index in [0.29, 0.717) is 15.7 Å². The van der Waals surface area contributed by atoms with Gasteiger partial charge in [-0.25, -0.2) is 4.98 Å². The van der Waals surface area contributed by atoms with Crippen molar-refractivity contribution < 1.29 is 4.79 Å². The summed E-state index contributed by atoms with van der Waals surface area (Å²) in [5.41, 5.74) is 3.67. The molecule has 5 heteroatoms. The minimum atomic E-state index is -0.250. The summed E-state index contributed by atoms with van der Waals surface area (Å²) in [5.74, 6) is -0.250. The number of nitrogens with zero attached hydrogens (tertiary/aromatic N) is 1. The number of anilines is 1. The molecule has 1 amide bonds. The van der Waals surface area contributed by atoms with Gasteiger partial charge in [-0.15, -0.1) is 11.3 Å². The lowest BCUT2D eigenvalue weighted by atomic mass is 10.1. The van der Waals surface area contributed by atoms with Crippen molar-refractivity contribution in [2.24, 2.45) is 0 Å². The van der Waals surface area contributed by atoms with Crippen LogP contribution in [0.15, 0.2) is 53.9 Å². The van der Waals surface area contributed by atoms with Crippen LogP contribution in [0.4, 0.5) is 5.13 Å². The van der Waals surface area contributed by atoms with Crippen LogP contribution in [0.25, 0.3) is 11.3 Å². The summed E-state index contributed by atoms with van der Waals surface area (Å²) in [6, 6.07) is 15.4. The maximum absolute atomic E-state index is 12.3. The molecule has 1 heterocycles. The van der Waals surface area contributed by atoms with Gasteiger partial charge in [0.05, 0.1) is 16.3 Å². The molecule has 2 aromatic carbocycles. The summed E-state index contributed by atoms with van der Waals surface area (Å²) >= 11 is 7.45. The number of halogens is 1. The van der Waals surface area contributed by atoms with Crippen molar-refractivity contribution in [3.05, 3.63) is 70.1 Å². The molecule has 0 saturated carbocycles. The van der Waals surface area contributed by atoms with Crippen LogP contribution in [0.2, 0.25) is 5.02 Å². The van der Waals surface area contributed by atoms with E-state index in [1.807, 2.05) is 5.38 Å². The predicted octanol–water partition coefficient (Wildman–Crippen LogP) is 5.67. The molecule has 3 rings (SSSR count). The van der Waals surface area contributed by atoms with Gasteiger partial charge in [0.15, 0.2) is 5.13 Å². The quantitative estimate of drug-likeness (QED) is 0.640. The van der Waals surface area contributed by atoms with Gasteiger partial charge < -0.3 is 0 Å². The van der Waals surface area contributed by atoms with E-state index >= 15 is 0 Å². The van der Waals surface area contributed by atoms with Gasteiger partial charge in [0.2, 0.25) is 0 Å². The Morgan fingerprint density at radius 2 is 1.92 bits per heavy atom. The van der Waals surface area contributed by atoms with Gasteiger partial charge in [-0.2, -0.15) is 0 Å². The second kappa shape index (κ2) is 7.60. The summed E-state index contributed by atoms with van der Waals surface area (Å²) < 4.78 is 0. The Morgan fingerprint density at radius 3 is 2.62 bits per heavy atom. The Morgan fingerprint density at radius 1 is 1.17 bits per heavy atom. The van der Waals surface area contributed by atoms with E-state index in [2.05, 4.69) is 41.5 Å². The highest BCUT2D eigenvalue weighted by molar-refractivity contribution is 7.14. The molecule has 0 bridgehead atoms. The number of aryl methyl sites for hydroxylation is 1. The average Bonchev–Trinajstić information content (AvgIpc) is 3.04. The zero-order chi connectivity index (χ0) is 16.9. The lowest BCUT2D eigenvalue weighted by Gasteiger charge is -2.03. The smallest absolute Gasteiger partial charge is 0.258 e. The van der Waals surface area contributed by atoms with Crippen LogP contribution in [-0.4, -0.2) is 10.9 Å². The minimum absolute atomic E-state index is 0.250. The number of amides is 1. The van der Waals surface area contributed by atoms with Gasteiger partial charge in [0.1, 0.15) is 0 Å². The lowest BCUT2D eigenvalue weighted by Crippen LogP contribution is -2.12. The Kier molecular flexibility index (Phi) is 5.28. The summed E-state index contributed by atoms with van der Waals surface area (Å²) in [6.07, 6.45) is 2.21. The second-order valence-electron chi connectivity index (χ2n) is 5.42. The standard InChI is InChI=1S/C19H17ClN2OS/c1-2-5-13-8-10-14(11-9-13)17-12-24-19(21-17)22-18(23)15-6-3-4-7-16(15)20/h3-4,6-12H,2,5H2,1H3,(H,21,22,23). The molecule has 3 nitrogen and oxygen atoms in total. The van der Waals surface area contributed by atoms with E-state index in [1.54, 1.807) is 24.3 Å². The summed E-state index contributed by atoms with van der Waals surface area (Å²) in [4.78, 5) is 16.8. The molecule has 24 heavy (non-hydrogen) atoms. The van der Waals surface area contributed by atoms with Crippen molar-refractivity contribution in [2.45, 2.75) is 19.8 Å². The number of rotatable bonds is 5. The summed E-state index contributed by atoms with van der Waals surface area (Å²) in [7, 11) is 0. The number of hydrogen-bond acceptors (Lipinski definition) is 3. The molecule has 0 aliphatic rings. The fraction of sp³-hybridized carbons (Fsp3) is 0.158. The minimum Gasteiger partial charge on any atom is -0.298 e. The first-order chi connectivity index (χ1) is 11.7. The Labute approximate surface area is 150 Å². The predicted molar refractivity (Wildman–Crippen MR) is 101 cm³/mol. The third-order valence-corrected chi connectivity index (χ3v) is 4.72. The van der Waals surface area contributed by atoms with E-state index in [4.69, 9.17) is 11.6 Å². The van der Waals surface area contributed by atoms with Gasteiger partial charge >= 0.3 is 0 Å². The summed E-state index contributed by atoms with van der Waals surface area (Å²) in [5, 5.41) is 5.74. The molecule has 0 aliphatic carbocycles. The molecule has 0 saturated heterocycles. The molecule has 1 aromatic heterocycles. The third kappa shape index (κ3) is 3.83. The largest absolute Gasteiger partial charge is 0.298 e. The molecule has 0 fully saturated rings. The van der Waals surface area contributed by atoms with Gasteiger partial charge in [0, 0.05) is 10.9 Å². The van der Waals surface area contributed by atoms with Crippen LogP contribution in [0, 0.1) is 0 Å². The molecule has 0 spiro atoms. The van der Waals surface area contributed by atoms with Crippen molar-refractivity contribution >= 4 is 34.0 Å². The number of hydrogen-bond donors (Lipinski definition) is 1. The summed E-state index contributed by atoms with van der Waals surface area (Å²) in [6.45, 7) is 2.17. The van der Waals surface area contributed by atoms with Gasteiger partial charge in [0.25, 0.3) is 5.91 Å². The molecule has 1 N–H and O–H groups in total. The van der Waals surface area contributed by atoms with E-state index < -0.39 is 0 Å². The van der Waals surface area contributed by atoms with E-state index in [9.17, 15) is 4.79 Å². The first kappa shape index (κ1) is 16.7. The normalized spacial score (nSPS) is 10.6. The van der Waals surface area contributed by atoms with Crippen LogP contribution in [0.1, 0.15) is 29.3 Å². The topological polar surface area (TPSA) is 42.0 Å². The van der Waals surface area contributed by atoms with Crippen LogP contribution in [-0.2, 0) is 6.42 Å². The number of aromatic nitrogens is 1. The first-order valence-electron chi connectivity index (χ1n) is 7.78. The number of nitrogens with one attached hydrogen (secondary N) is 1. The molecule has 0 radical (unpaired) electrons. The highest BCUT2D eigenvalue weighted by Crippen LogP contribution is 2.26. The maximum Gasteiger partial charge on any atom is 0.258 e. The monoisotopic (exact) mass is 356 g/mol. The highest BCUT2D eigenvalue weighted by Gasteiger charge is 2.12. The maximum atomic E-state index is 12.3. The zero-order valence-electron chi connectivity index (χ0n) is 13.3. The molecule has 0 unspecified atom stereocenters. The number of carbonyl (C=O) groups is 1. The zero-order valence-corrected chi connectivity index (χ0v) is 14.8. The first-order valence-corrected chi connectivity index (χ1v) is 9.04. The van der Waals surface area contributed by atoms with E-state index in [-0.39, 0.29) is 5.91 Å². The van der Waals surface area contributed by atoms with Crippen molar-refractivity contribution in [2.75, 3.05) is 5.32 Å². The van der Waals surface area contributed by atoms with Crippen LogP contribution in [0.3, 0.4) is 0 Å². The Hall–Kier alpha value is -2.17. The van der Waals surface area contributed by atoms with Gasteiger partial charge in [-0.05, 0) is 24.1 Å². The van der Waals surface area contributed by atoms with Crippen molar-refractivity contribution in [1.82, 2.24) is 4.98 Å². The van der Waals surface area contributed by atoms with Crippen molar-refractivity contribution in [1.29, 1.82) is 0 Å². The third-order valence-electron chi connectivity index (χ3n) is 3.63. The van der Waals surface area contributed by atoms with Crippen LogP contribution >= 0.6 is 22.9 Å². The van der Waals surface area contributed by atoms with Gasteiger partial charge in [-0.3, -0.25) is 10.1 Å². The Balaban J connectivity index is 1.73. The number of thiazole rings is 1. The molecule has 122 valence electrons. The van der Waals surface area contributed by atoms with Gasteiger partial charge in [-0.1, -0.05) is 61.3 Å². The molecular formula is C19H17ClN2OS. The second-order valence-corrected chi connectivity index (χ2v) is 6.68. The number of benzene rings is 2. The average molecular weight is 357 g/mol. The molecule has 3 aromatic rings. The van der Waals surface area contributed by atoms with Crippen molar-refractivity contribution in [3.8, 4) is 11.3 Å². The SMILES string of the molecule is CCCc1ccc(-c2csc(NC(=O)c3ccccc3Cl)n2)cc1. The lowest BCUT2D eigenvalue weighted by molar-refractivity contribution is 0.102. The van der Waals surface area contributed by atoms with E-state index in [0.717, 1.165) is 24.1 Å². The van der Waals surface area contributed by atoms with Crippen LogP contribution < -0.4 is 5.32 Å². The van der Waals surface area contributed by atoms with E-state index in [1.165, 1.54) is 16.9 Å². The fourth-order valence-corrected chi connectivity index (χ4v) is 3.34. The molecule has 0 atom stereocenters.